The second kappa shape index (κ2) is 5.12. The molecular weight excluding hydrogens is 224 g/mol. The van der Waals surface area contributed by atoms with Crippen molar-refractivity contribution in [2.75, 3.05) is 23.8 Å². The summed E-state index contributed by atoms with van der Waals surface area (Å²) in [6.45, 7) is 9.67. The Morgan fingerprint density at radius 1 is 1.28 bits per heavy atom. The quantitative estimate of drug-likeness (QED) is 0.870. The lowest BCUT2D eigenvalue weighted by molar-refractivity contribution is 0.600. The van der Waals surface area contributed by atoms with Crippen molar-refractivity contribution < 1.29 is 0 Å². The Kier molecular flexibility index (Phi) is 3.73. The van der Waals surface area contributed by atoms with Crippen molar-refractivity contribution in [1.82, 2.24) is 9.97 Å². The Bertz CT molecular complexity index is 424. The van der Waals surface area contributed by atoms with Gasteiger partial charge in [-0.15, -0.1) is 0 Å². The summed E-state index contributed by atoms with van der Waals surface area (Å²) >= 11 is 0. The van der Waals surface area contributed by atoms with E-state index >= 15 is 0 Å². The van der Waals surface area contributed by atoms with Gasteiger partial charge in [0.25, 0.3) is 0 Å². The van der Waals surface area contributed by atoms with Gasteiger partial charge in [-0.3, -0.25) is 0 Å². The van der Waals surface area contributed by atoms with Crippen molar-refractivity contribution in [3.8, 4) is 0 Å². The zero-order valence-electron chi connectivity index (χ0n) is 12.1. The molecule has 1 aromatic rings. The molecule has 1 aliphatic rings. The summed E-state index contributed by atoms with van der Waals surface area (Å²) < 4.78 is 0. The number of aromatic nitrogens is 2. The molecule has 0 radical (unpaired) electrons. The van der Waals surface area contributed by atoms with E-state index in [0.717, 1.165) is 29.6 Å². The maximum atomic E-state index is 4.67. The lowest BCUT2D eigenvalue weighted by Crippen LogP contribution is -2.31. The largest absolute Gasteiger partial charge is 0.373 e. The van der Waals surface area contributed by atoms with Crippen LogP contribution in [0.3, 0.4) is 0 Å². The lowest BCUT2D eigenvalue weighted by Gasteiger charge is -2.27. The first-order chi connectivity index (χ1) is 8.52. The molecule has 2 rings (SSSR count). The van der Waals surface area contributed by atoms with Crippen LogP contribution in [-0.4, -0.2) is 29.6 Å². The standard InChI is InChI=1S/C14H24N4/c1-9(2)8-18(12-6-7-12)14-10(3)13(15-5)16-11(4)17-14/h9,12H,6-8H2,1-5H3,(H,15,16,17). The van der Waals surface area contributed by atoms with Gasteiger partial charge in [0.1, 0.15) is 17.5 Å². The van der Waals surface area contributed by atoms with E-state index in [1.54, 1.807) is 0 Å². The summed E-state index contributed by atoms with van der Waals surface area (Å²) in [5, 5.41) is 3.17. The zero-order chi connectivity index (χ0) is 13.3. The van der Waals surface area contributed by atoms with Gasteiger partial charge < -0.3 is 10.2 Å². The molecule has 1 N–H and O–H groups in total. The number of hydrogen-bond acceptors (Lipinski definition) is 4. The summed E-state index contributed by atoms with van der Waals surface area (Å²) in [4.78, 5) is 11.6. The molecule has 4 nitrogen and oxygen atoms in total. The van der Waals surface area contributed by atoms with E-state index in [0.29, 0.717) is 12.0 Å². The molecule has 1 heterocycles. The zero-order valence-corrected chi connectivity index (χ0v) is 12.1. The van der Waals surface area contributed by atoms with Crippen molar-refractivity contribution in [3.63, 3.8) is 0 Å². The third-order valence-corrected chi connectivity index (χ3v) is 3.29. The highest BCUT2D eigenvalue weighted by Crippen LogP contribution is 2.34. The van der Waals surface area contributed by atoms with E-state index in [2.05, 4.69) is 41.0 Å². The highest BCUT2D eigenvalue weighted by atomic mass is 15.2. The van der Waals surface area contributed by atoms with Crippen LogP contribution in [0.1, 0.15) is 38.1 Å². The number of rotatable bonds is 5. The van der Waals surface area contributed by atoms with E-state index in [-0.39, 0.29) is 0 Å². The number of nitrogens with one attached hydrogen (secondary N) is 1. The molecular formula is C14H24N4. The highest BCUT2D eigenvalue weighted by Gasteiger charge is 2.31. The van der Waals surface area contributed by atoms with Crippen LogP contribution in [-0.2, 0) is 0 Å². The second-order valence-electron chi connectivity index (χ2n) is 5.60. The second-order valence-corrected chi connectivity index (χ2v) is 5.60. The molecule has 0 bridgehead atoms. The van der Waals surface area contributed by atoms with Crippen LogP contribution in [0.2, 0.25) is 0 Å². The molecule has 0 saturated heterocycles. The van der Waals surface area contributed by atoms with E-state index in [4.69, 9.17) is 0 Å². The molecule has 0 atom stereocenters. The molecule has 1 fully saturated rings. The first-order valence-corrected chi connectivity index (χ1v) is 6.82. The lowest BCUT2D eigenvalue weighted by atomic mass is 10.2. The summed E-state index contributed by atoms with van der Waals surface area (Å²) in [5.74, 6) is 3.56. The van der Waals surface area contributed by atoms with Crippen molar-refractivity contribution in [1.29, 1.82) is 0 Å². The Labute approximate surface area is 110 Å². The Morgan fingerprint density at radius 3 is 2.44 bits per heavy atom. The van der Waals surface area contributed by atoms with Gasteiger partial charge in [-0.25, -0.2) is 9.97 Å². The van der Waals surface area contributed by atoms with Crippen LogP contribution in [0.5, 0.6) is 0 Å². The minimum absolute atomic E-state index is 0.651. The van der Waals surface area contributed by atoms with Crippen LogP contribution in [0.25, 0.3) is 0 Å². The Morgan fingerprint density at radius 2 is 1.94 bits per heavy atom. The maximum Gasteiger partial charge on any atom is 0.137 e. The first kappa shape index (κ1) is 13.1. The van der Waals surface area contributed by atoms with E-state index in [1.165, 1.54) is 12.8 Å². The average Bonchev–Trinajstić information content (AvgIpc) is 3.12. The molecule has 0 spiro atoms. The van der Waals surface area contributed by atoms with Gasteiger partial charge in [0.05, 0.1) is 0 Å². The Hall–Kier alpha value is -1.32. The summed E-state index contributed by atoms with van der Waals surface area (Å²) in [7, 11) is 1.92. The molecule has 0 unspecified atom stereocenters. The fraction of sp³-hybridized carbons (Fsp3) is 0.714. The van der Waals surface area contributed by atoms with Crippen molar-refractivity contribution in [3.05, 3.63) is 11.4 Å². The number of hydrogen-bond donors (Lipinski definition) is 1. The van der Waals surface area contributed by atoms with E-state index in [9.17, 15) is 0 Å². The van der Waals surface area contributed by atoms with Crippen LogP contribution in [0, 0.1) is 19.8 Å². The van der Waals surface area contributed by atoms with Gasteiger partial charge in [-0.1, -0.05) is 13.8 Å². The molecule has 0 amide bonds. The number of aryl methyl sites for hydroxylation is 1. The molecule has 1 aliphatic carbocycles. The summed E-state index contributed by atoms with van der Waals surface area (Å²) in [5.41, 5.74) is 1.16. The monoisotopic (exact) mass is 248 g/mol. The first-order valence-electron chi connectivity index (χ1n) is 6.82. The summed E-state index contributed by atoms with van der Waals surface area (Å²) in [6, 6.07) is 0.685. The molecule has 1 aromatic heterocycles. The van der Waals surface area contributed by atoms with Gasteiger partial charge in [0.2, 0.25) is 0 Å². The molecule has 0 aromatic carbocycles. The minimum Gasteiger partial charge on any atom is -0.373 e. The predicted molar refractivity (Wildman–Crippen MR) is 76.3 cm³/mol. The molecule has 4 heteroatoms. The molecule has 18 heavy (non-hydrogen) atoms. The van der Waals surface area contributed by atoms with Gasteiger partial charge in [-0.2, -0.15) is 0 Å². The predicted octanol–water partition coefficient (Wildman–Crippen LogP) is 2.76. The fourth-order valence-corrected chi connectivity index (χ4v) is 2.32. The van der Waals surface area contributed by atoms with E-state index < -0.39 is 0 Å². The number of anilines is 2. The topological polar surface area (TPSA) is 41.1 Å². The van der Waals surface area contributed by atoms with Crippen molar-refractivity contribution in [2.45, 2.75) is 46.6 Å². The Balaban J connectivity index is 2.37. The van der Waals surface area contributed by atoms with Crippen LogP contribution >= 0.6 is 0 Å². The smallest absolute Gasteiger partial charge is 0.137 e. The number of nitrogens with zero attached hydrogens (tertiary/aromatic N) is 3. The minimum atomic E-state index is 0.651. The molecule has 0 aliphatic heterocycles. The molecule has 100 valence electrons. The third-order valence-electron chi connectivity index (χ3n) is 3.29. The van der Waals surface area contributed by atoms with Crippen LogP contribution in [0.4, 0.5) is 11.6 Å². The van der Waals surface area contributed by atoms with Gasteiger partial charge in [-0.05, 0) is 32.6 Å². The van der Waals surface area contributed by atoms with Crippen molar-refractivity contribution >= 4 is 11.6 Å². The van der Waals surface area contributed by atoms with E-state index in [1.807, 2.05) is 14.0 Å². The normalized spacial score (nSPS) is 15.0. The van der Waals surface area contributed by atoms with Gasteiger partial charge in [0, 0.05) is 25.2 Å². The highest BCUT2D eigenvalue weighted by molar-refractivity contribution is 5.59. The molecule has 1 saturated carbocycles. The average molecular weight is 248 g/mol. The SMILES string of the molecule is CNc1nc(C)nc(N(CC(C)C)C2CC2)c1C. The van der Waals surface area contributed by atoms with Gasteiger partial charge >= 0.3 is 0 Å². The van der Waals surface area contributed by atoms with Crippen LogP contribution in [0.15, 0.2) is 0 Å². The third kappa shape index (κ3) is 2.74. The maximum absolute atomic E-state index is 4.67. The van der Waals surface area contributed by atoms with Gasteiger partial charge in [0.15, 0.2) is 0 Å². The summed E-state index contributed by atoms with van der Waals surface area (Å²) in [6.07, 6.45) is 2.59. The fourth-order valence-electron chi connectivity index (χ4n) is 2.32. The van der Waals surface area contributed by atoms with Crippen LogP contribution < -0.4 is 10.2 Å². The van der Waals surface area contributed by atoms with Crippen molar-refractivity contribution in [2.24, 2.45) is 5.92 Å².